The molecule has 0 aromatic heterocycles. The summed E-state index contributed by atoms with van der Waals surface area (Å²) in [6, 6.07) is 0. The third-order valence-corrected chi connectivity index (χ3v) is 24.2. The van der Waals surface area contributed by atoms with Crippen LogP contribution in [0.5, 0.6) is 0 Å². The van der Waals surface area contributed by atoms with Crippen LogP contribution in [-0.2, 0) is 5.41 Å². The first-order valence-electron chi connectivity index (χ1n) is 23.3. The molecule has 0 atom stereocenters. The standard InChI is InChI=1S/C61Cl3/c62-61(63,64)60-57-53-47-33-25-17-5-2-1-3-6(5)18-20-16-10(3)12-8-4(1)7-11-9(2)15-19(17)31(33)39-37-23(15)21(11)29-27-13(7)14(8)28-30-22(12)24(16)38-40-32(20)34(26(18)25)48(47)54(57)50(40)52-44(38)42(30)46-36(28)35(27)45-41(29)43(37)51(49(39)53)58(60)55(45)56(46)59(52)60/q-1. The Morgan fingerprint density at radius 2 is 0.328 bits per heavy atom. The topological polar surface area (TPSA) is 0 Å². The van der Waals surface area contributed by atoms with Gasteiger partial charge in [0, 0.05) is 0 Å². The molecule has 3 heteroatoms. The Labute approximate surface area is 360 Å². The lowest BCUT2D eigenvalue weighted by atomic mass is 9.64. The maximum Gasteiger partial charge on any atom is 0.201 e. The number of alkyl halides is 3. The second-order valence-corrected chi connectivity index (χ2v) is 25.7. The molecule has 0 radical (unpaired) electrons. The number of benzene rings is 18. The molecule has 0 aliphatic heterocycles. The van der Waals surface area contributed by atoms with Crippen molar-refractivity contribution in [3.8, 4) is 0 Å². The lowest BCUT2D eigenvalue weighted by molar-refractivity contribution is 0.674. The van der Waals surface area contributed by atoms with Crippen molar-refractivity contribution in [1.82, 2.24) is 0 Å². The summed E-state index contributed by atoms with van der Waals surface area (Å²) in [7, 11) is 0. The molecule has 29 aromatic carbocycles. The molecule has 0 heterocycles. The Morgan fingerprint density at radius 1 is 0.188 bits per heavy atom. The van der Waals surface area contributed by atoms with Gasteiger partial charge in [-0.1, -0.05) is 72.9 Å². The molecule has 64 heavy (non-hydrogen) atoms. The van der Waals surface area contributed by atoms with E-state index < -0.39 is 9.21 Å². The van der Waals surface area contributed by atoms with Gasteiger partial charge >= 0.3 is 0 Å². The van der Waals surface area contributed by atoms with Crippen LogP contribution >= 0.6 is 34.8 Å². The van der Waals surface area contributed by atoms with Crippen LogP contribution in [0.3, 0.4) is 0 Å². The fraction of sp³-hybridized carbons (Fsp3) is 0.0328. The van der Waals surface area contributed by atoms with Crippen LogP contribution in [0.4, 0.5) is 0 Å². The number of hydrogen-bond acceptors (Lipinski definition) is 0. The van der Waals surface area contributed by atoms with E-state index in [2.05, 4.69) is 0 Å². The summed E-state index contributed by atoms with van der Waals surface area (Å²) in [5.41, 5.74) is 3.13. The van der Waals surface area contributed by atoms with Crippen LogP contribution in [-0.4, -0.2) is 3.79 Å². The first-order chi connectivity index (χ1) is 31.6. The van der Waals surface area contributed by atoms with E-state index in [9.17, 15) is 0 Å². The van der Waals surface area contributed by atoms with Gasteiger partial charge in [-0.05, 0) is 269 Å². The maximum atomic E-state index is 8.19. The average molecular weight is 839 g/mol. The highest BCUT2D eigenvalue weighted by Gasteiger charge is 2.62. The van der Waals surface area contributed by atoms with Gasteiger partial charge in [0.1, 0.15) is 0 Å². The Balaban J connectivity index is 1.31. The van der Waals surface area contributed by atoms with Crippen LogP contribution < -0.4 is 0 Å². The predicted octanol–water partition coefficient (Wildman–Crippen LogP) is 18.7. The van der Waals surface area contributed by atoms with E-state index in [1.165, 1.54) is 92.1 Å². The summed E-state index contributed by atoms with van der Waals surface area (Å²) in [5.74, 6) is 0. The quantitative estimate of drug-likeness (QED) is 0.0811. The second kappa shape index (κ2) is 5.16. The summed E-state index contributed by atoms with van der Waals surface area (Å²) in [4.78, 5) is 0. The van der Waals surface area contributed by atoms with Crippen LogP contribution in [0.1, 0.15) is 16.7 Å². The molecular formula is C61Cl3-. The van der Waals surface area contributed by atoms with E-state index >= 15 is 0 Å². The molecule has 29 aromatic rings. The van der Waals surface area contributed by atoms with Crippen molar-refractivity contribution in [2.75, 3.05) is 0 Å². The summed E-state index contributed by atoms with van der Waals surface area (Å²) < 4.78 is -1.65. The van der Waals surface area contributed by atoms with Crippen molar-refractivity contribution in [3.05, 3.63) is 16.7 Å². The van der Waals surface area contributed by atoms with Gasteiger partial charge in [0.05, 0.1) is 5.41 Å². The lowest BCUT2D eigenvalue weighted by Crippen LogP contribution is -2.42. The summed E-state index contributed by atoms with van der Waals surface area (Å²) in [5, 5.41) is 87.1. The Bertz CT molecular complexity index is 6540. The molecule has 0 nitrogen and oxygen atoms in total. The van der Waals surface area contributed by atoms with E-state index in [1.807, 2.05) is 0 Å². The Hall–Kier alpha value is -6.80. The van der Waals surface area contributed by atoms with E-state index in [0.717, 1.165) is 0 Å². The fourth-order valence-electron chi connectivity index (χ4n) is 23.3. The molecule has 0 bridgehead atoms. The summed E-state index contributed by atoms with van der Waals surface area (Å²) in [6.45, 7) is 0. The predicted molar refractivity (Wildman–Crippen MR) is 277 cm³/mol. The third kappa shape index (κ3) is 1.20. The van der Waals surface area contributed by atoms with Crippen molar-refractivity contribution in [2.45, 2.75) is 9.21 Å². The number of rotatable bonds is 0. The molecular weight excluding hydrogens is 839 g/mol. The minimum Gasteiger partial charge on any atom is -0.103 e. The third-order valence-electron chi connectivity index (χ3n) is 23.3. The molecule has 0 saturated heterocycles. The normalized spacial score (nSPS) is 20.5. The highest BCUT2D eigenvalue weighted by molar-refractivity contribution is 6.84. The minimum atomic E-state index is -1.65. The number of hydrogen-bond donors (Lipinski definition) is 0. The van der Waals surface area contributed by atoms with Crippen LogP contribution in [0.2, 0.25) is 0 Å². The molecule has 0 amide bonds. The van der Waals surface area contributed by atoms with Gasteiger partial charge in [-0.25, -0.2) is 0 Å². The molecule has 266 valence electrons. The second-order valence-electron chi connectivity index (χ2n) is 23.4. The monoisotopic (exact) mass is 837 g/mol. The Kier molecular flexibility index (Phi) is 1.92. The van der Waals surface area contributed by atoms with Gasteiger partial charge in [-0.2, -0.15) is 0 Å². The molecule has 0 spiro atoms. The van der Waals surface area contributed by atoms with Gasteiger partial charge in [-0.15, -0.1) is 10.8 Å². The van der Waals surface area contributed by atoms with Crippen molar-refractivity contribution < 1.29 is 0 Å². The zero-order valence-corrected chi connectivity index (χ0v) is 33.9. The van der Waals surface area contributed by atoms with Crippen LogP contribution in [0, 0.1) is 0 Å². The highest BCUT2D eigenvalue weighted by Crippen LogP contribution is 2.83. The zero-order valence-electron chi connectivity index (χ0n) is 31.6. The SMILES string of the molecule is ClC(Cl)(Cl)C12c3c4c5c6c1c1c7c8c6c6c5c5c9c4c4c3c3c%10c%11c4c4c9c9c5c5c6c6c8c8c7c7c%12c%13c8c8c6c5c5c9c6c4c%11c4c9c6c5c8c%13c9c5c4c%10c4c(c5%12)c7c1[c-]2c34. The maximum absolute atomic E-state index is 8.19. The highest BCUT2D eigenvalue weighted by atomic mass is 35.6. The van der Waals surface area contributed by atoms with E-state index in [0.29, 0.717) is 0 Å². The van der Waals surface area contributed by atoms with Gasteiger partial charge in [0.15, 0.2) is 0 Å². The van der Waals surface area contributed by atoms with Crippen LogP contribution in [0.25, 0.3) is 302 Å². The van der Waals surface area contributed by atoms with E-state index in [-0.39, 0.29) is 0 Å². The Morgan fingerprint density at radius 3 is 0.594 bits per heavy atom. The van der Waals surface area contributed by atoms with Gasteiger partial charge in [-0.3, -0.25) is 0 Å². The average Bonchev–Trinajstić information content (AvgIpc) is 4.12. The molecule has 3 aliphatic carbocycles. The smallest absolute Gasteiger partial charge is 0.103 e. The van der Waals surface area contributed by atoms with E-state index in [4.69, 9.17) is 34.8 Å². The van der Waals surface area contributed by atoms with Crippen molar-refractivity contribution >= 4 is 336 Å². The largest absolute Gasteiger partial charge is 0.201 e. The van der Waals surface area contributed by atoms with Crippen molar-refractivity contribution in [2.24, 2.45) is 0 Å². The van der Waals surface area contributed by atoms with Crippen LogP contribution in [0.15, 0.2) is 0 Å². The minimum absolute atomic E-state index is 0.941. The molecule has 3 aliphatic rings. The van der Waals surface area contributed by atoms with E-state index in [1.54, 1.807) is 226 Å². The first kappa shape index (κ1) is 23.8. The fourth-order valence-corrected chi connectivity index (χ4v) is 24.2. The molecule has 0 unspecified atom stereocenters. The van der Waals surface area contributed by atoms with Crippen molar-refractivity contribution in [3.63, 3.8) is 0 Å². The summed E-state index contributed by atoms with van der Waals surface area (Å²) >= 11 is 24.6. The van der Waals surface area contributed by atoms with Gasteiger partial charge in [0.25, 0.3) is 0 Å². The first-order valence-corrected chi connectivity index (χ1v) is 24.5. The summed E-state index contributed by atoms with van der Waals surface area (Å²) in [6.07, 6.45) is 0. The molecule has 32 rings (SSSR count). The van der Waals surface area contributed by atoms with Gasteiger partial charge < -0.3 is 0 Å². The molecule has 0 N–H and O–H groups in total. The molecule has 0 fully saturated rings. The molecule has 0 saturated carbocycles. The van der Waals surface area contributed by atoms with Crippen molar-refractivity contribution in [1.29, 1.82) is 0 Å². The van der Waals surface area contributed by atoms with Gasteiger partial charge in [0.2, 0.25) is 3.79 Å². The zero-order chi connectivity index (χ0) is 38.1. The number of halogens is 3. The lowest BCUT2D eigenvalue weighted by Gasteiger charge is -2.47.